The van der Waals surface area contributed by atoms with Gasteiger partial charge in [-0.05, 0) is 11.6 Å². The Balaban J connectivity index is 0.000000333. The van der Waals surface area contributed by atoms with Crippen LogP contribution >= 0.6 is 0 Å². The summed E-state index contributed by atoms with van der Waals surface area (Å²) in [5, 5.41) is 14.2. The number of rotatable bonds is 3. The van der Waals surface area contributed by atoms with Crippen molar-refractivity contribution in [3.8, 4) is 0 Å². The molecule has 2 aromatic rings. The maximum Gasteiger partial charge on any atom is 0.490 e. The number of carboxylic acids is 2. The van der Waals surface area contributed by atoms with Crippen molar-refractivity contribution in [2.45, 2.75) is 24.5 Å². The van der Waals surface area contributed by atoms with Crippen molar-refractivity contribution < 1.29 is 60.0 Å². The molecule has 0 aromatic carbocycles. The van der Waals surface area contributed by atoms with Crippen LogP contribution < -0.4 is 4.90 Å². The molecule has 0 amide bonds. The van der Waals surface area contributed by atoms with Crippen LogP contribution in [0.25, 0.3) is 0 Å². The van der Waals surface area contributed by atoms with Gasteiger partial charge >= 0.3 is 24.3 Å². The molecule has 0 radical (unpaired) electrons. The lowest BCUT2D eigenvalue weighted by atomic mass is 10.0. The van der Waals surface area contributed by atoms with E-state index in [-0.39, 0.29) is 0 Å². The van der Waals surface area contributed by atoms with Crippen LogP contribution in [0.15, 0.2) is 36.9 Å². The molecule has 0 bridgehead atoms. The van der Waals surface area contributed by atoms with Gasteiger partial charge < -0.3 is 24.6 Å². The Morgan fingerprint density at radius 2 is 1.55 bits per heavy atom. The van der Waals surface area contributed by atoms with Crippen LogP contribution in [-0.4, -0.2) is 106 Å². The van der Waals surface area contributed by atoms with Gasteiger partial charge in [-0.2, -0.15) is 26.3 Å². The van der Waals surface area contributed by atoms with Crippen LogP contribution in [0.1, 0.15) is 5.56 Å². The first-order chi connectivity index (χ1) is 18.6. The Bertz CT molecular complexity index is 1070. The molecule has 1 unspecified atom stereocenters. The normalized spacial score (nSPS) is 19.9. The van der Waals surface area contributed by atoms with Gasteiger partial charge in [0, 0.05) is 38.6 Å². The number of ether oxygens (including phenoxy) is 2. The lowest BCUT2D eigenvalue weighted by molar-refractivity contribution is -0.193. The first-order valence-electron chi connectivity index (χ1n) is 11.3. The van der Waals surface area contributed by atoms with E-state index in [1.165, 1.54) is 18.0 Å². The van der Waals surface area contributed by atoms with E-state index in [9.17, 15) is 30.7 Å². The molecule has 2 N–H and O–H groups in total. The van der Waals surface area contributed by atoms with Crippen molar-refractivity contribution in [3.63, 3.8) is 0 Å². The highest BCUT2D eigenvalue weighted by Gasteiger charge is 2.41. The van der Waals surface area contributed by atoms with E-state index >= 15 is 0 Å². The lowest BCUT2D eigenvalue weighted by Gasteiger charge is -2.43. The zero-order valence-electron chi connectivity index (χ0n) is 20.5. The summed E-state index contributed by atoms with van der Waals surface area (Å²) in [6.07, 6.45) is -4.11. The molecule has 18 heteroatoms. The highest BCUT2D eigenvalue weighted by atomic mass is 19.4. The predicted molar refractivity (Wildman–Crippen MR) is 121 cm³/mol. The number of carboxylic acid groups (broad SMARTS) is 2. The van der Waals surface area contributed by atoms with Crippen molar-refractivity contribution in [3.05, 3.63) is 48.3 Å². The standard InChI is InChI=1S/C18H22FN5O2.2C2HF3O2/c19-16-9-21-17(22-10-16)24-5-7-26-18(13-24)12-23(4-6-25-14-18)11-15-2-1-3-20-8-15;2*3-2(4,5)1(6)7/h1-3,8-10H,4-7,11-14H2;2*(H,6,7). The smallest absolute Gasteiger partial charge is 0.475 e. The molecule has 222 valence electrons. The van der Waals surface area contributed by atoms with Crippen molar-refractivity contribution in [1.82, 2.24) is 19.9 Å². The molecule has 1 spiro atoms. The highest BCUT2D eigenvalue weighted by molar-refractivity contribution is 5.73. The first kappa shape index (κ1) is 32.6. The lowest BCUT2D eigenvalue weighted by Crippen LogP contribution is -2.59. The van der Waals surface area contributed by atoms with Crippen LogP contribution in [0, 0.1) is 5.82 Å². The number of nitrogens with zero attached hydrogens (tertiary/aromatic N) is 5. The largest absolute Gasteiger partial charge is 0.490 e. The SMILES string of the molecule is Fc1cnc(N2CCOC3(COCCN(Cc4cccnc4)C3)C2)nc1.O=C(O)C(F)(F)F.O=C(O)C(F)(F)F. The summed E-state index contributed by atoms with van der Waals surface area (Å²) in [7, 11) is 0. The number of hydrogen-bond donors (Lipinski definition) is 2. The van der Waals surface area contributed by atoms with Crippen molar-refractivity contribution in [2.75, 3.05) is 50.9 Å². The van der Waals surface area contributed by atoms with Gasteiger partial charge in [-0.1, -0.05) is 6.07 Å². The quantitative estimate of drug-likeness (QED) is 0.512. The number of alkyl halides is 6. The fourth-order valence-electron chi connectivity index (χ4n) is 3.54. The molecule has 2 aliphatic rings. The van der Waals surface area contributed by atoms with Crippen molar-refractivity contribution >= 4 is 17.9 Å². The maximum atomic E-state index is 13.1. The van der Waals surface area contributed by atoms with Gasteiger partial charge in [-0.15, -0.1) is 0 Å². The van der Waals surface area contributed by atoms with Crippen molar-refractivity contribution in [1.29, 1.82) is 0 Å². The van der Waals surface area contributed by atoms with E-state index in [0.29, 0.717) is 38.9 Å². The van der Waals surface area contributed by atoms with Crippen molar-refractivity contribution in [2.24, 2.45) is 0 Å². The van der Waals surface area contributed by atoms with Crippen LogP contribution in [0.5, 0.6) is 0 Å². The van der Waals surface area contributed by atoms with E-state index in [4.69, 9.17) is 29.3 Å². The summed E-state index contributed by atoms with van der Waals surface area (Å²) in [5.41, 5.74) is 0.716. The van der Waals surface area contributed by atoms with Gasteiger partial charge in [0.2, 0.25) is 5.95 Å². The van der Waals surface area contributed by atoms with Gasteiger partial charge in [-0.3, -0.25) is 9.88 Å². The van der Waals surface area contributed by atoms with Gasteiger partial charge in [-0.25, -0.2) is 23.9 Å². The summed E-state index contributed by atoms with van der Waals surface area (Å²) >= 11 is 0. The average molecular weight is 587 g/mol. The Morgan fingerprint density at radius 3 is 2.08 bits per heavy atom. The number of aliphatic carboxylic acids is 2. The number of halogens is 7. The Morgan fingerprint density at radius 1 is 0.950 bits per heavy atom. The number of carbonyl (C=O) groups is 2. The minimum Gasteiger partial charge on any atom is -0.475 e. The second kappa shape index (κ2) is 14.1. The van der Waals surface area contributed by atoms with E-state index in [1.807, 2.05) is 17.2 Å². The summed E-state index contributed by atoms with van der Waals surface area (Å²) < 4.78 is 88.6. The minimum atomic E-state index is -5.08. The summed E-state index contributed by atoms with van der Waals surface area (Å²) in [5.74, 6) is -5.42. The topological polar surface area (TPSA) is 138 Å². The number of morpholine rings is 1. The molecule has 2 saturated heterocycles. The fraction of sp³-hybridized carbons (Fsp3) is 0.500. The molecule has 2 aromatic heterocycles. The van der Waals surface area contributed by atoms with Crippen LogP contribution in [0.4, 0.5) is 36.7 Å². The third kappa shape index (κ3) is 10.9. The Labute approximate surface area is 222 Å². The molecular formula is C22H24F7N5O6. The third-order valence-electron chi connectivity index (χ3n) is 5.18. The molecule has 11 nitrogen and oxygen atoms in total. The molecule has 4 rings (SSSR count). The van der Waals surface area contributed by atoms with Gasteiger partial charge in [0.05, 0.1) is 38.8 Å². The van der Waals surface area contributed by atoms with Crippen LogP contribution in [0.2, 0.25) is 0 Å². The molecule has 40 heavy (non-hydrogen) atoms. The van der Waals surface area contributed by atoms with E-state index in [1.54, 1.807) is 6.20 Å². The van der Waals surface area contributed by atoms with E-state index in [0.717, 1.165) is 19.6 Å². The van der Waals surface area contributed by atoms with Gasteiger partial charge in [0.25, 0.3) is 0 Å². The third-order valence-corrected chi connectivity index (χ3v) is 5.18. The Hall–Kier alpha value is -3.64. The minimum absolute atomic E-state index is 0.433. The molecule has 0 aliphatic carbocycles. The molecule has 2 fully saturated rings. The van der Waals surface area contributed by atoms with Crippen LogP contribution in [-0.2, 0) is 25.6 Å². The van der Waals surface area contributed by atoms with E-state index in [2.05, 4.69) is 25.9 Å². The van der Waals surface area contributed by atoms with Gasteiger partial charge in [0.1, 0.15) is 5.60 Å². The molecule has 0 saturated carbocycles. The fourth-order valence-corrected chi connectivity index (χ4v) is 3.54. The summed E-state index contributed by atoms with van der Waals surface area (Å²) in [6, 6.07) is 4.02. The zero-order valence-corrected chi connectivity index (χ0v) is 20.5. The van der Waals surface area contributed by atoms with Gasteiger partial charge in [0.15, 0.2) is 5.82 Å². The second-order valence-electron chi connectivity index (χ2n) is 8.38. The molecule has 2 aliphatic heterocycles. The first-order valence-corrected chi connectivity index (χ1v) is 11.3. The van der Waals surface area contributed by atoms with E-state index < -0.39 is 35.7 Å². The summed E-state index contributed by atoms with van der Waals surface area (Å²) in [6.45, 7) is 5.43. The molecule has 1 atom stereocenters. The second-order valence-corrected chi connectivity index (χ2v) is 8.38. The number of aromatic nitrogens is 3. The molecular weight excluding hydrogens is 563 g/mol. The van der Waals surface area contributed by atoms with Crippen LogP contribution in [0.3, 0.4) is 0 Å². The highest BCUT2D eigenvalue weighted by Crippen LogP contribution is 2.25. The Kier molecular flexibility index (Phi) is 11.5. The average Bonchev–Trinajstić information content (AvgIpc) is 3.06. The zero-order chi connectivity index (χ0) is 30.0. The predicted octanol–water partition coefficient (Wildman–Crippen LogP) is 2.39. The number of pyridine rings is 1. The molecule has 4 heterocycles. The number of anilines is 1. The monoisotopic (exact) mass is 587 g/mol. The maximum absolute atomic E-state index is 13.1. The number of hydrogen-bond acceptors (Lipinski definition) is 9. The summed E-state index contributed by atoms with van der Waals surface area (Å²) in [4.78, 5) is 34.6.